The molecule has 1 aromatic carbocycles. The van der Waals surface area contributed by atoms with E-state index in [1.807, 2.05) is 0 Å². The van der Waals surface area contributed by atoms with Crippen LogP contribution in [0.1, 0.15) is 51.0 Å². The van der Waals surface area contributed by atoms with Gasteiger partial charge in [0.2, 0.25) is 5.91 Å². The molecule has 0 bridgehead atoms. The highest BCUT2D eigenvalue weighted by Gasteiger charge is 2.51. The number of hydrogen-bond donors (Lipinski definition) is 2. The molecule has 1 atom stereocenters. The summed E-state index contributed by atoms with van der Waals surface area (Å²) >= 11 is 5.93. The molecule has 4 amide bonds. The second-order valence-electron chi connectivity index (χ2n) is 7.39. The SMILES string of the molecule is CC[C@]1(c2ccc(Cl)cc2)NC(=O)N(CC(=O)NC2(C#N)CCCCC2)C1=O. The van der Waals surface area contributed by atoms with Crippen LogP contribution in [0, 0.1) is 11.3 Å². The fraction of sp³-hybridized carbons (Fsp3) is 0.500. The molecule has 1 saturated heterocycles. The largest absolute Gasteiger partial charge is 0.336 e. The maximum atomic E-state index is 13.1. The van der Waals surface area contributed by atoms with E-state index in [-0.39, 0.29) is 0 Å². The zero-order chi connectivity index (χ0) is 20.4. The summed E-state index contributed by atoms with van der Waals surface area (Å²) in [4.78, 5) is 39.1. The van der Waals surface area contributed by atoms with Gasteiger partial charge in [-0.3, -0.25) is 14.5 Å². The lowest BCUT2D eigenvalue weighted by atomic mass is 9.83. The molecule has 1 saturated carbocycles. The number of carbonyl (C=O) groups excluding carboxylic acids is 3. The molecule has 2 fully saturated rings. The van der Waals surface area contributed by atoms with E-state index in [0.717, 1.165) is 24.2 Å². The van der Waals surface area contributed by atoms with Crippen LogP contribution >= 0.6 is 11.6 Å². The zero-order valence-electron chi connectivity index (χ0n) is 15.8. The molecule has 28 heavy (non-hydrogen) atoms. The highest BCUT2D eigenvalue weighted by molar-refractivity contribution is 6.30. The monoisotopic (exact) mass is 402 g/mol. The standard InChI is InChI=1S/C20H23ClN4O3/c1-2-20(14-6-8-15(21)9-7-14)17(27)25(18(28)24-20)12-16(26)23-19(13-22)10-4-3-5-11-19/h6-9H,2-5,10-12H2,1H3,(H,23,26)(H,24,28)/t20-/m1/s1. The third-order valence-electron chi connectivity index (χ3n) is 5.64. The minimum absolute atomic E-state index is 0.333. The van der Waals surface area contributed by atoms with Crippen LogP contribution in [0.25, 0.3) is 0 Å². The van der Waals surface area contributed by atoms with Gasteiger partial charge in [-0.05, 0) is 37.0 Å². The Balaban J connectivity index is 1.77. The Morgan fingerprint density at radius 2 is 1.89 bits per heavy atom. The Hall–Kier alpha value is -2.59. The Bertz CT molecular complexity index is 827. The third kappa shape index (κ3) is 3.57. The van der Waals surface area contributed by atoms with Gasteiger partial charge in [-0.15, -0.1) is 0 Å². The number of carbonyl (C=O) groups is 3. The van der Waals surface area contributed by atoms with Crippen molar-refractivity contribution in [2.75, 3.05) is 6.54 Å². The van der Waals surface area contributed by atoms with Gasteiger partial charge in [-0.25, -0.2) is 4.79 Å². The van der Waals surface area contributed by atoms with Crippen molar-refractivity contribution in [2.24, 2.45) is 0 Å². The molecule has 3 rings (SSSR count). The highest BCUT2D eigenvalue weighted by atomic mass is 35.5. The second kappa shape index (κ2) is 7.80. The molecule has 0 unspecified atom stereocenters. The van der Waals surface area contributed by atoms with Crippen molar-refractivity contribution in [3.05, 3.63) is 34.9 Å². The number of nitriles is 1. The van der Waals surface area contributed by atoms with Crippen molar-refractivity contribution < 1.29 is 14.4 Å². The van der Waals surface area contributed by atoms with Crippen molar-refractivity contribution in [2.45, 2.75) is 56.5 Å². The normalized spacial score (nSPS) is 23.8. The molecule has 148 valence electrons. The van der Waals surface area contributed by atoms with Crippen molar-refractivity contribution in [1.82, 2.24) is 15.5 Å². The number of urea groups is 1. The average Bonchev–Trinajstić information content (AvgIpc) is 2.94. The molecule has 1 aliphatic carbocycles. The first-order chi connectivity index (χ1) is 13.4. The van der Waals surface area contributed by atoms with E-state index in [9.17, 15) is 19.6 Å². The van der Waals surface area contributed by atoms with Gasteiger partial charge in [0.25, 0.3) is 5.91 Å². The van der Waals surface area contributed by atoms with Crippen LogP contribution in [-0.2, 0) is 15.1 Å². The fourth-order valence-electron chi connectivity index (χ4n) is 4.01. The quantitative estimate of drug-likeness (QED) is 0.739. The third-order valence-corrected chi connectivity index (χ3v) is 5.90. The van der Waals surface area contributed by atoms with E-state index < -0.39 is 35.5 Å². The first kappa shape index (κ1) is 20.2. The first-order valence-electron chi connectivity index (χ1n) is 9.48. The number of hydrogen-bond acceptors (Lipinski definition) is 4. The summed E-state index contributed by atoms with van der Waals surface area (Å²) in [7, 11) is 0. The summed E-state index contributed by atoms with van der Waals surface area (Å²) in [5, 5.41) is 15.5. The molecule has 1 aromatic rings. The minimum atomic E-state index is -1.22. The van der Waals surface area contributed by atoms with Crippen LogP contribution in [0.4, 0.5) is 4.79 Å². The molecule has 1 aliphatic heterocycles. The number of halogens is 1. The minimum Gasteiger partial charge on any atom is -0.336 e. The van der Waals surface area contributed by atoms with E-state index in [1.54, 1.807) is 31.2 Å². The van der Waals surface area contributed by atoms with Gasteiger partial charge in [0.05, 0.1) is 6.07 Å². The summed E-state index contributed by atoms with van der Waals surface area (Å²) in [5.41, 5.74) is -1.52. The number of amides is 4. The van der Waals surface area contributed by atoms with E-state index in [4.69, 9.17) is 11.6 Å². The summed E-state index contributed by atoms with van der Waals surface area (Å²) in [6, 6.07) is 8.29. The van der Waals surface area contributed by atoms with E-state index in [0.29, 0.717) is 29.8 Å². The summed E-state index contributed by atoms with van der Waals surface area (Å²) in [5.74, 6) is -0.984. The fourth-order valence-corrected chi connectivity index (χ4v) is 4.14. The number of nitrogens with zero attached hydrogens (tertiary/aromatic N) is 2. The molecule has 7 nitrogen and oxygen atoms in total. The van der Waals surface area contributed by atoms with Crippen LogP contribution in [-0.4, -0.2) is 34.8 Å². The van der Waals surface area contributed by atoms with Crippen molar-refractivity contribution >= 4 is 29.4 Å². The highest BCUT2D eigenvalue weighted by Crippen LogP contribution is 2.33. The Morgan fingerprint density at radius 3 is 2.46 bits per heavy atom. The molecule has 2 N–H and O–H groups in total. The van der Waals surface area contributed by atoms with Gasteiger partial charge in [-0.1, -0.05) is 49.9 Å². The maximum Gasteiger partial charge on any atom is 0.325 e. The average molecular weight is 403 g/mol. The van der Waals surface area contributed by atoms with E-state index >= 15 is 0 Å². The van der Waals surface area contributed by atoms with Crippen molar-refractivity contribution in [3.63, 3.8) is 0 Å². The first-order valence-corrected chi connectivity index (χ1v) is 9.86. The maximum absolute atomic E-state index is 13.1. The molecule has 0 radical (unpaired) electrons. The van der Waals surface area contributed by atoms with Gasteiger partial charge < -0.3 is 10.6 Å². The molecule has 2 aliphatic rings. The van der Waals surface area contributed by atoms with Crippen LogP contribution in [0.2, 0.25) is 5.02 Å². The lowest BCUT2D eigenvalue weighted by molar-refractivity contribution is -0.135. The summed E-state index contributed by atoms with van der Waals surface area (Å²) < 4.78 is 0. The van der Waals surface area contributed by atoms with Crippen LogP contribution in [0.3, 0.4) is 0 Å². The molecule has 8 heteroatoms. The van der Waals surface area contributed by atoms with Gasteiger partial charge in [0, 0.05) is 5.02 Å². The number of rotatable bonds is 5. The number of nitrogens with one attached hydrogen (secondary N) is 2. The van der Waals surface area contributed by atoms with Crippen molar-refractivity contribution in [3.8, 4) is 6.07 Å². The Labute approximate surface area is 169 Å². The predicted octanol–water partition coefficient (Wildman–Crippen LogP) is 2.84. The molecular weight excluding hydrogens is 380 g/mol. The topological polar surface area (TPSA) is 102 Å². The van der Waals surface area contributed by atoms with Gasteiger partial charge in [0.15, 0.2) is 0 Å². The van der Waals surface area contributed by atoms with Crippen LogP contribution < -0.4 is 10.6 Å². The number of imide groups is 1. The molecule has 0 aromatic heterocycles. The Kier molecular flexibility index (Phi) is 5.61. The summed E-state index contributed by atoms with van der Waals surface area (Å²) in [6.07, 6.45) is 4.27. The zero-order valence-corrected chi connectivity index (χ0v) is 16.5. The van der Waals surface area contributed by atoms with E-state index in [2.05, 4.69) is 16.7 Å². The summed E-state index contributed by atoms with van der Waals surface area (Å²) in [6.45, 7) is 1.38. The number of benzene rings is 1. The van der Waals surface area contributed by atoms with E-state index in [1.165, 1.54) is 0 Å². The van der Waals surface area contributed by atoms with Crippen LogP contribution in [0.15, 0.2) is 24.3 Å². The smallest absolute Gasteiger partial charge is 0.325 e. The molecular formula is C20H23ClN4O3. The molecule has 1 heterocycles. The second-order valence-corrected chi connectivity index (χ2v) is 7.83. The van der Waals surface area contributed by atoms with Gasteiger partial charge in [0.1, 0.15) is 17.6 Å². The van der Waals surface area contributed by atoms with Gasteiger partial charge in [-0.2, -0.15) is 5.26 Å². The Morgan fingerprint density at radius 1 is 1.25 bits per heavy atom. The van der Waals surface area contributed by atoms with Crippen molar-refractivity contribution in [1.29, 1.82) is 5.26 Å². The van der Waals surface area contributed by atoms with Gasteiger partial charge >= 0.3 is 6.03 Å². The predicted molar refractivity (Wildman–Crippen MR) is 103 cm³/mol. The lowest BCUT2D eigenvalue weighted by Crippen LogP contribution is -2.52. The molecule has 0 spiro atoms. The lowest BCUT2D eigenvalue weighted by Gasteiger charge is -2.32. The van der Waals surface area contributed by atoms with Crippen LogP contribution in [0.5, 0.6) is 0 Å².